The van der Waals surface area contributed by atoms with Crippen molar-refractivity contribution in [3.8, 4) is 17.2 Å². The molecule has 3 N–H and O–H groups in total. The fraction of sp³-hybridized carbons (Fsp3) is 0.516. The summed E-state index contributed by atoms with van der Waals surface area (Å²) in [5.74, 6) is -2.87. The van der Waals surface area contributed by atoms with E-state index >= 15 is 0 Å². The van der Waals surface area contributed by atoms with E-state index in [1.54, 1.807) is 6.07 Å². The number of Topliss-reactive ketones (excluding diaryl/α,β-unsaturated/α-hetero) is 1. The number of methoxy groups -OCH3 is 1. The molecule has 0 saturated carbocycles. The van der Waals surface area contributed by atoms with Crippen LogP contribution in [0.4, 0.5) is 0 Å². The van der Waals surface area contributed by atoms with Crippen LogP contribution in [0.5, 0.6) is 17.2 Å². The van der Waals surface area contributed by atoms with Crippen molar-refractivity contribution in [3.63, 3.8) is 0 Å². The summed E-state index contributed by atoms with van der Waals surface area (Å²) in [6, 6.07) is 4.59. The Kier molecular flexibility index (Phi) is 6.27. The zero-order chi connectivity index (χ0) is 29.7. The van der Waals surface area contributed by atoms with Crippen molar-refractivity contribution < 1.29 is 48.7 Å². The molecule has 42 heavy (non-hydrogen) atoms. The van der Waals surface area contributed by atoms with Gasteiger partial charge in [-0.15, -0.1) is 0 Å². The number of aromatic hydroxyl groups is 2. The van der Waals surface area contributed by atoms with Gasteiger partial charge in [0.05, 0.1) is 36.0 Å². The van der Waals surface area contributed by atoms with Crippen molar-refractivity contribution in [1.29, 1.82) is 0 Å². The number of fused-ring (bicyclic) bond motifs is 6. The molecule has 3 fully saturated rings. The number of ketones is 3. The Morgan fingerprint density at radius 1 is 1.10 bits per heavy atom. The summed E-state index contributed by atoms with van der Waals surface area (Å²) in [5.41, 5.74) is -2.65. The molecule has 11 nitrogen and oxygen atoms in total. The van der Waals surface area contributed by atoms with Gasteiger partial charge in [0.25, 0.3) is 0 Å². The van der Waals surface area contributed by atoms with Crippen molar-refractivity contribution in [3.05, 3.63) is 51.6 Å². The summed E-state index contributed by atoms with van der Waals surface area (Å²) in [7, 11) is 1.37. The smallest absolute Gasteiger partial charge is 0.202 e. The van der Waals surface area contributed by atoms with E-state index in [1.807, 2.05) is 6.92 Å². The SMILES string of the molecule is COc1cccc2c1C(=O)c1c(O)c3c(c(O)c1C2=O)C[C@@](O)(C(C)=O)C[C@@H]3O[C@H]1C[C@H]2[C@H](OC3CCCN32)[C@H](C)O1. The minimum absolute atomic E-state index is 0.0155. The number of ether oxygens (including phenoxy) is 4. The molecule has 3 saturated heterocycles. The van der Waals surface area contributed by atoms with Crippen LogP contribution in [0.2, 0.25) is 0 Å². The highest BCUT2D eigenvalue weighted by Crippen LogP contribution is 2.53. The number of carbonyl (C=O) groups excluding carboxylic acids is 3. The first kappa shape index (κ1) is 27.5. The molecular formula is C31H33NO10. The summed E-state index contributed by atoms with van der Waals surface area (Å²) in [5, 5.41) is 34.6. The lowest BCUT2D eigenvalue weighted by atomic mass is 9.72. The number of aliphatic hydroxyl groups is 1. The lowest BCUT2D eigenvalue weighted by Gasteiger charge is -2.42. The maximum Gasteiger partial charge on any atom is 0.202 e. The minimum Gasteiger partial charge on any atom is -0.507 e. The van der Waals surface area contributed by atoms with Gasteiger partial charge in [0.2, 0.25) is 5.78 Å². The summed E-state index contributed by atoms with van der Waals surface area (Å²) in [4.78, 5) is 42.4. The largest absolute Gasteiger partial charge is 0.507 e. The van der Waals surface area contributed by atoms with Crippen molar-refractivity contribution >= 4 is 17.3 Å². The van der Waals surface area contributed by atoms with Gasteiger partial charge in [0.1, 0.15) is 35.2 Å². The summed E-state index contributed by atoms with van der Waals surface area (Å²) in [6.07, 6.45) is -0.469. The third-order valence-electron chi connectivity index (χ3n) is 9.67. The molecule has 2 aliphatic carbocycles. The zero-order valence-electron chi connectivity index (χ0n) is 23.6. The molecule has 0 aromatic heterocycles. The fourth-order valence-electron chi connectivity index (χ4n) is 7.58. The number of phenolic OH excluding ortho intramolecular Hbond substituents is 2. The molecule has 0 amide bonds. The molecule has 222 valence electrons. The van der Waals surface area contributed by atoms with E-state index in [0.29, 0.717) is 6.42 Å². The van der Waals surface area contributed by atoms with Crippen LogP contribution in [-0.4, -0.2) is 87.6 Å². The second-order valence-corrected chi connectivity index (χ2v) is 12.0. The van der Waals surface area contributed by atoms with Gasteiger partial charge in [0.15, 0.2) is 17.9 Å². The Balaban J connectivity index is 1.32. The van der Waals surface area contributed by atoms with E-state index < -0.39 is 46.8 Å². The van der Waals surface area contributed by atoms with Gasteiger partial charge in [0, 0.05) is 48.5 Å². The Morgan fingerprint density at radius 3 is 2.60 bits per heavy atom. The molecular weight excluding hydrogens is 546 g/mol. The standard InChI is InChI=1S/C31H33NO10/c1-13-30-17(32-9-5-8-20(32)42-30)10-21(40-13)41-19-12-31(38,14(2)33)11-16-23(19)29(37)25-24(27(16)35)26(34)15-6-4-7-18(39-3)22(15)28(25)36/h4,6-7,13,17,19-21,30,35,37-38H,5,8-12H2,1-3H3/t13-,17-,19-,20?,21-,30+,31-/m0/s1. The summed E-state index contributed by atoms with van der Waals surface area (Å²) >= 11 is 0. The average Bonchev–Trinajstić information content (AvgIpc) is 3.55. The second-order valence-electron chi connectivity index (χ2n) is 12.0. The van der Waals surface area contributed by atoms with Crippen LogP contribution in [0.25, 0.3) is 0 Å². The zero-order valence-corrected chi connectivity index (χ0v) is 23.6. The minimum atomic E-state index is -1.95. The predicted molar refractivity (Wildman–Crippen MR) is 145 cm³/mol. The lowest BCUT2D eigenvalue weighted by molar-refractivity contribution is -0.247. The first-order valence-corrected chi connectivity index (χ1v) is 14.4. The molecule has 2 aromatic rings. The van der Waals surface area contributed by atoms with Gasteiger partial charge >= 0.3 is 0 Å². The lowest BCUT2D eigenvalue weighted by Crippen LogP contribution is -2.51. The highest BCUT2D eigenvalue weighted by molar-refractivity contribution is 6.31. The number of carbonyl (C=O) groups is 3. The molecule has 2 aromatic carbocycles. The van der Waals surface area contributed by atoms with Crippen LogP contribution < -0.4 is 4.74 Å². The average molecular weight is 580 g/mol. The van der Waals surface area contributed by atoms with E-state index in [4.69, 9.17) is 18.9 Å². The van der Waals surface area contributed by atoms with Crippen molar-refractivity contribution in [2.75, 3.05) is 13.7 Å². The van der Waals surface area contributed by atoms with Crippen LogP contribution in [0.15, 0.2) is 18.2 Å². The van der Waals surface area contributed by atoms with Gasteiger partial charge in [-0.1, -0.05) is 12.1 Å². The molecule has 0 radical (unpaired) electrons. The van der Waals surface area contributed by atoms with Gasteiger partial charge in [-0.05, 0) is 32.8 Å². The van der Waals surface area contributed by atoms with Gasteiger partial charge < -0.3 is 34.3 Å². The number of rotatable bonds is 4. The third-order valence-corrected chi connectivity index (χ3v) is 9.67. The number of hydrogen-bond donors (Lipinski definition) is 3. The third kappa shape index (κ3) is 3.80. The van der Waals surface area contributed by atoms with Crippen LogP contribution in [0, 0.1) is 0 Å². The molecule has 11 heteroatoms. The number of benzene rings is 2. The van der Waals surface area contributed by atoms with Crippen LogP contribution in [-0.2, 0) is 25.4 Å². The maximum atomic E-state index is 13.8. The van der Waals surface area contributed by atoms with E-state index in [9.17, 15) is 29.7 Å². The highest BCUT2D eigenvalue weighted by Gasteiger charge is 2.53. The molecule has 1 unspecified atom stereocenters. The highest BCUT2D eigenvalue weighted by atomic mass is 16.7. The summed E-state index contributed by atoms with van der Waals surface area (Å²) in [6.45, 7) is 4.05. The monoisotopic (exact) mass is 579 g/mol. The van der Waals surface area contributed by atoms with E-state index in [-0.39, 0.29) is 76.4 Å². The van der Waals surface area contributed by atoms with Crippen LogP contribution >= 0.6 is 0 Å². The molecule has 5 aliphatic rings. The van der Waals surface area contributed by atoms with Gasteiger partial charge in [-0.3, -0.25) is 19.3 Å². The maximum absolute atomic E-state index is 13.8. The van der Waals surface area contributed by atoms with Gasteiger partial charge in [-0.25, -0.2) is 0 Å². The number of phenols is 2. The van der Waals surface area contributed by atoms with E-state index in [0.717, 1.165) is 19.4 Å². The molecule has 7 atom stereocenters. The van der Waals surface area contributed by atoms with Crippen molar-refractivity contribution in [1.82, 2.24) is 4.90 Å². The Bertz CT molecular complexity index is 1540. The predicted octanol–water partition coefficient (Wildman–Crippen LogP) is 2.53. The number of hydrogen-bond acceptors (Lipinski definition) is 11. The Hall–Kier alpha value is -3.35. The normalized spacial score (nSPS) is 33.4. The van der Waals surface area contributed by atoms with Gasteiger partial charge in [-0.2, -0.15) is 0 Å². The first-order chi connectivity index (χ1) is 20.0. The van der Waals surface area contributed by atoms with Crippen molar-refractivity contribution in [2.45, 2.75) is 88.4 Å². The first-order valence-electron chi connectivity index (χ1n) is 14.4. The van der Waals surface area contributed by atoms with Crippen molar-refractivity contribution in [2.24, 2.45) is 0 Å². The molecule has 7 rings (SSSR count). The van der Waals surface area contributed by atoms with Crippen LogP contribution in [0.3, 0.4) is 0 Å². The summed E-state index contributed by atoms with van der Waals surface area (Å²) < 4.78 is 24.2. The quantitative estimate of drug-likeness (QED) is 0.391. The molecule has 0 spiro atoms. The number of nitrogens with zero attached hydrogens (tertiary/aromatic N) is 1. The van der Waals surface area contributed by atoms with E-state index in [1.165, 1.54) is 26.2 Å². The van der Waals surface area contributed by atoms with E-state index in [2.05, 4.69) is 4.90 Å². The molecule has 3 aliphatic heterocycles. The topological polar surface area (TPSA) is 152 Å². The second kappa shape index (κ2) is 9.58. The fourth-order valence-corrected chi connectivity index (χ4v) is 7.58. The Labute approximate surface area is 241 Å². The van der Waals surface area contributed by atoms with Crippen LogP contribution in [0.1, 0.15) is 88.6 Å². The Morgan fingerprint density at radius 2 is 1.86 bits per heavy atom. The molecule has 0 bridgehead atoms. The molecule has 3 heterocycles.